The van der Waals surface area contributed by atoms with E-state index in [-0.39, 0.29) is 0 Å². The summed E-state index contributed by atoms with van der Waals surface area (Å²) < 4.78 is 1.85. The zero-order chi connectivity index (χ0) is 21.1. The molecule has 0 atom stereocenters. The highest BCUT2D eigenvalue weighted by Gasteiger charge is 2.20. The number of aliphatic imine (C=N–C) groups is 1. The molecule has 1 aromatic heterocycles. The molecule has 1 heterocycles. The van der Waals surface area contributed by atoms with Crippen LogP contribution in [-0.2, 0) is 6.42 Å². The SMILES string of the molecule is C=Nc1cc(C)nn1-c1ccccc1CC.CC.CC1CCC(C(C)C)CC1. The molecule has 0 unspecified atom stereocenters. The molecule has 156 valence electrons. The summed E-state index contributed by atoms with van der Waals surface area (Å²) in [5.74, 6) is 3.76. The lowest BCUT2D eigenvalue weighted by molar-refractivity contribution is 0.234. The number of aromatic nitrogens is 2. The Kier molecular flexibility index (Phi) is 10.8. The van der Waals surface area contributed by atoms with Crippen molar-refractivity contribution in [3.63, 3.8) is 0 Å². The molecule has 28 heavy (non-hydrogen) atoms. The van der Waals surface area contributed by atoms with Crippen molar-refractivity contribution >= 4 is 12.5 Å². The number of hydrogen-bond acceptors (Lipinski definition) is 2. The molecule has 1 aliphatic carbocycles. The van der Waals surface area contributed by atoms with Crippen LogP contribution < -0.4 is 0 Å². The molecule has 0 radical (unpaired) electrons. The predicted octanol–water partition coefficient (Wildman–Crippen LogP) is 7.57. The summed E-state index contributed by atoms with van der Waals surface area (Å²) in [5, 5.41) is 4.44. The molecule has 2 aromatic rings. The third-order valence-electron chi connectivity index (χ3n) is 5.58. The lowest BCUT2D eigenvalue weighted by atomic mass is 9.78. The minimum atomic E-state index is 0.790. The molecule has 0 spiro atoms. The van der Waals surface area contributed by atoms with E-state index in [0.29, 0.717) is 0 Å². The van der Waals surface area contributed by atoms with Crippen molar-refractivity contribution in [3.05, 3.63) is 41.6 Å². The molecule has 0 N–H and O–H groups in total. The maximum atomic E-state index is 4.44. The highest BCUT2D eigenvalue weighted by atomic mass is 15.3. The van der Waals surface area contributed by atoms with Crippen LogP contribution in [0.25, 0.3) is 5.69 Å². The Morgan fingerprint density at radius 2 is 1.75 bits per heavy atom. The van der Waals surface area contributed by atoms with Crippen molar-refractivity contribution in [1.29, 1.82) is 0 Å². The Morgan fingerprint density at radius 3 is 2.29 bits per heavy atom. The standard InChI is InChI=1S/C13H15N3.C10H20.C2H6/c1-4-11-7-5-6-8-12(11)16-13(14-3)9-10(2)15-16;1-8(2)10-6-4-9(3)5-7-10;1-2/h5-9H,3-4H2,1-2H3;8-10H,4-7H2,1-3H3;1-2H3. The van der Waals surface area contributed by atoms with Crippen LogP contribution in [0.15, 0.2) is 35.3 Å². The summed E-state index contributed by atoms with van der Waals surface area (Å²) >= 11 is 0. The third-order valence-corrected chi connectivity index (χ3v) is 5.58. The molecule has 1 saturated carbocycles. The van der Waals surface area contributed by atoms with Gasteiger partial charge < -0.3 is 0 Å². The van der Waals surface area contributed by atoms with Gasteiger partial charge in [-0.25, -0.2) is 9.67 Å². The average molecular weight is 384 g/mol. The summed E-state index contributed by atoms with van der Waals surface area (Å²) in [6, 6.07) is 10.1. The van der Waals surface area contributed by atoms with Gasteiger partial charge in [-0.1, -0.05) is 72.6 Å². The molecule has 0 saturated heterocycles. The fourth-order valence-electron chi connectivity index (χ4n) is 3.74. The van der Waals surface area contributed by atoms with Gasteiger partial charge in [0.15, 0.2) is 5.82 Å². The minimum Gasteiger partial charge on any atom is -0.245 e. The molecule has 0 amide bonds. The van der Waals surface area contributed by atoms with E-state index in [4.69, 9.17) is 0 Å². The molecule has 1 aromatic carbocycles. The van der Waals surface area contributed by atoms with E-state index in [1.807, 2.05) is 43.7 Å². The monoisotopic (exact) mass is 383 g/mol. The number of rotatable bonds is 4. The van der Waals surface area contributed by atoms with E-state index in [1.54, 1.807) is 0 Å². The maximum Gasteiger partial charge on any atom is 0.155 e. The first-order chi connectivity index (χ1) is 13.5. The molecule has 3 heteroatoms. The van der Waals surface area contributed by atoms with Crippen molar-refractivity contribution in [1.82, 2.24) is 9.78 Å². The number of nitrogens with zero attached hydrogens (tertiary/aromatic N) is 3. The maximum absolute atomic E-state index is 4.44. The fourth-order valence-corrected chi connectivity index (χ4v) is 3.74. The van der Waals surface area contributed by atoms with E-state index in [9.17, 15) is 0 Å². The van der Waals surface area contributed by atoms with Crippen LogP contribution >= 0.6 is 0 Å². The van der Waals surface area contributed by atoms with E-state index in [1.165, 1.54) is 31.2 Å². The van der Waals surface area contributed by atoms with Crippen LogP contribution in [0.2, 0.25) is 0 Å². The number of benzene rings is 1. The van der Waals surface area contributed by atoms with Gasteiger partial charge >= 0.3 is 0 Å². The molecule has 3 rings (SSSR count). The van der Waals surface area contributed by atoms with E-state index in [2.05, 4.69) is 56.6 Å². The van der Waals surface area contributed by atoms with Gasteiger partial charge in [-0.3, -0.25) is 0 Å². The number of para-hydroxylation sites is 1. The fraction of sp³-hybridized carbons (Fsp3) is 0.600. The highest BCUT2D eigenvalue weighted by molar-refractivity contribution is 5.50. The van der Waals surface area contributed by atoms with Gasteiger partial charge in [0.05, 0.1) is 11.4 Å². The van der Waals surface area contributed by atoms with Crippen LogP contribution in [-0.4, -0.2) is 16.5 Å². The van der Waals surface area contributed by atoms with Crippen molar-refractivity contribution < 1.29 is 0 Å². The van der Waals surface area contributed by atoms with Crippen LogP contribution in [0.3, 0.4) is 0 Å². The van der Waals surface area contributed by atoms with Gasteiger partial charge in [0, 0.05) is 6.07 Å². The molecule has 1 aliphatic rings. The average Bonchev–Trinajstić information content (AvgIpc) is 3.11. The minimum absolute atomic E-state index is 0.790. The van der Waals surface area contributed by atoms with Gasteiger partial charge in [0.1, 0.15) is 0 Å². The Morgan fingerprint density at radius 1 is 1.14 bits per heavy atom. The van der Waals surface area contributed by atoms with E-state index in [0.717, 1.165) is 41.4 Å². The Balaban J connectivity index is 0.000000281. The Labute approximate surface area is 173 Å². The topological polar surface area (TPSA) is 30.2 Å². The van der Waals surface area contributed by atoms with Gasteiger partial charge in [-0.2, -0.15) is 5.10 Å². The van der Waals surface area contributed by atoms with E-state index < -0.39 is 0 Å². The van der Waals surface area contributed by atoms with Crippen molar-refractivity contribution in [3.8, 4) is 5.69 Å². The molecule has 1 fully saturated rings. The first-order valence-electron chi connectivity index (χ1n) is 11.1. The summed E-state index contributed by atoms with van der Waals surface area (Å²) in [7, 11) is 0. The second-order valence-electron chi connectivity index (χ2n) is 7.96. The largest absolute Gasteiger partial charge is 0.245 e. The first kappa shape index (κ1) is 24.1. The zero-order valence-corrected chi connectivity index (χ0v) is 19.2. The second kappa shape index (κ2) is 12.5. The Bertz CT molecular complexity index is 692. The predicted molar refractivity (Wildman–Crippen MR) is 124 cm³/mol. The molecule has 3 nitrogen and oxygen atoms in total. The quantitative estimate of drug-likeness (QED) is 0.501. The van der Waals surface area contributed by atoms with Crippen LogP contribution in [0.4, 0.5) is 5.82 Å². The van der Waals surface area contributed by atoms with Gasteiger partial charge in [-0.05, 0) is 62.3 Å². The first-order valence-corrected chi connectivity index (χ1v) is 11.1. The summed E-state index contributed by atoms with van der Waals surface area (Å²) in [6.07, 6.45) is 6.90. The van der Waals surface area contributed by atoms with Crippen molar-refractivity contribution in [2.75, 3.05) is 0 Å². The molecule has 0 aliphatic heterocycles. The van der Waals surface area contributed by atoms with Crippen LogP contribution in [0, 0.1) is 24.7 Å². The zero-order valence-electron chi connectivity index (χ0n) is 19.2. The van der Waals surface area contributed by atoms with Gasteiger partial charge in [0.2, 0.25) is 0 Å². The summed E-state index contributed by atoms with van der Waals surface area (Å²) in [5.41, 5.74) is 3.30. The molecular formula is C25H41N3. The van der Waals surface area contributed by atoms with E-state index >= 15 is 0 Å². The summed E-state index contributed by atoms with van der Waals surface area (Å²) in [4.78, 5) is 3.99. The smallest absolute Gasteiger partial charge is 0.155 e. The lowest BCUT2D eigenvalue weighted by Gasteiger charge is -2.28. The lowest BCUT2D eigenvalue weighted by Crippen LogP contribution is -2.16. The molecule has 0 bridgehead atoms. The Hall–Kier alpha value is -1.90. The molecular weight excluding hydrogens is 342 g/mol. The van der Waals surface area contributed by atoms with Crippen LogP contribution in [0.1, 0.15) is 78.5 Å². The van der Waals surface area contributed by atoms with Gasteiger partial charge in [0.25, 0.3) is 0 Å². The highest BCUT2D eigenvalue weighted by Crippen LogP contribution is 2.32. The number of hydrogen-bond donors (Lipinski definition) is 0. The van der Waals surface area contributed by atoms with Gasteiger partial charge in [-0.15, -0.1) is 0 Å². The van der Waals surface area contributed by atoms with Crippen molar-refractivity contribution in [2.45, 2.75) is 80.6 Å². The normalized spacial score (nSPS) is 18.6. The summed E-state index contributed by atoms with van der Waals surface area (Å²) in [6.45, 7) is 18.8. The van der Waals surface area contributed by atoms with Crippen molar-refractivity contribution in [2.24, 2.45) is 22.7 Å². The second-order valence-corrected chi connectivity index (χ2v) is 7.96. The number of aryl methyl sites for hydroxylation is 2. The third kappa shape index (κ3) is 6.92. The van der Waals surface area contributed by atoms with Crippen LogP contribution in [0.5, 0.6) is 0 Å².